The highest BCUT2D eigenvalue weighted by Crippen LogP contribution is 2.36. The number of hydrogen-bond acceptors (Lipinski definition) is 5. The van der Waals surface area contributed by atoms with Gasteiger partial charge in [0.15, 0.2) is 16.5 Å². The van der Waals surface area contributed by atoms with E-state index < -0.39 is 0 Å². The van der Waals surface area contributed by atoms with Crippen molar-refractivity contribution in [2.24, 2.45) is 4.99 Å². The Hall–Kier alpha value is -1.60. The van der Waals surface area contributed by atoms with Crippen molar-refractivity contribution in [2.45, 2.75) is 45.6 Å². The molecule has 21 heavy (non-hydrogen) atoms. The minimum atomic E-state index is -0.362. The summed E-state index contributed by atoms with van der Waals surface area (Å²) in [7, 11) is 0. The van der Waals surface area contributed by atoms with Gasteiger partial charge in [-0.15, -0.1) is 0 Å². The number of rotatable bonds is 5. The molecule has 0 aromatic heterocycles. The number of carbonyl (C=O) groups is 1. The molecule has 0 aliphatic carbocycles. The molecule has 0 bridgehead atoms. The van der Waals surface area contributed by atoms with E-state index in [1.54, 1.807) is 0 Å². The summed E-state index contributed by atoms with van der Waals surface area (Å²) in [6.45, 7) is 5.72. The number of hydrogen-bond donors (Lipinski definition) is 2. The second-order valence-corrected chi connectivity index (χ2v) is 5.82. The minimum Gasteiger partial charge on any atom is -0.277 e. The molecule has 2 atom stereocenters. The average Bonchev–Trinajstić information content (AvgIpc) is 2.91. The highest BCUT2D eigenvalue weighted by molar-refractivity contribution is 6.05. The second-order valence-electron chi connectivity index (χ2n) is 5.82. The lowest BCUT2D eigenvalue weighted by molar-refractivity contribution is -1.22. The summed E-state index contributed by atoms with van der Waals surface area (Å²) >= 11 is 0. The molecule has 3 aliphatic heterocycles. The first-order valence-electron chi connectivity index (χ1n) is 7.83. The van der Waals surface area contributed by atoms with Gasteiger partial charge in [0.05, 0.1) is 0 Å². The fraction of sp³-hybridized carbons (Fsp3) is 0.714. The van der Waals surface area contributed by atoms with Crippen molar-refractivity contribution in [1.29, 1.82) is 0 Å². The molecular weight excluding hydrogens is 270 g/mol. The maximum atomic E-state index is 12.9. The number of unbranched alkanes of at least 4 members (excludes halogenated alkanes) is 1. The zero-order valence-corrected chi connectivity index (χ0v) is 12.7. The van der Waals surface area contributed by atoms with Gasteiger partial charge in [0, 0.05) is 6.54 Å². The molecule has 3 rings (SSSR count). The van der Waals surface area contributed by atoms with Crippen LogP contribution in [-0.4, -0.2) is 47.0 Å². The van der Waals surface area contributed by atoms with Crippen molar-refractivity contribution in [3.8, 4) is 0 Å². The molecule has 0 fully saturated rings. The molecule has 0 radical (unpaired) electrons. The number of nitrogens with zero attached hydrogens (tertiary/aromatic N) is 3. The van der Waals surface area contributed by atoms with Crippen LogP contribution in [0.15, 0.2) is 16.4 Å². The Morgan fingerprint density at radius 2 is 2.19 bits per heavy atom. The Morgan fingerprint density at radius 1 is 1.38 bits per heavy atom. The van der Waals surface area contributed by atoms with E-state index in [0.29, 0.717) is 31.4 Å². The Kier molecular flexibility index (Phi) is 3.62. The number of amides is 1. The molecule has 7 nitrogen and oxygen atoms in total. The maximum Gasteiger partial charge on any atom is 0.389 e. The van der Waals surface area contributed by atoms with Crippen LogP contribution in [0, 0.1) is 4.91 Å². The average molecular weight is 293 g/mol. The molecule has 114 valence electrons. The van der Waals surface area contributed by atoms with Crippen molar-refractivity contribution in [3.63, 3.8) is 0 Å². The summed E-state index contributed by atoms with van der Waals surface area (Å²) in [5, 5.41) is 6.24. The van der Waals surface area contributed by atoms with Crippen LogP contribution in [0.5, 0.6) is 0 Å². The smallest absolute Gasteiger partial charge is 0.277 e. The third-order valence-corrected chi connectivity index (χ3v) is 4.40. The van der Waals surface area contributed by atoms with Crippen molar-refractivity contribution < 1.29 is 14.3 Å². The van der Waals surface area contributed by atoms with Crippen LogP contribution in [0.25, 0.3) is 0 Å². The lowest BCUT2D eigenvalue weighted by Gasteiger charge is -2.19. The number of nitrogens with one attached hydrogen (secondary N) is 2. The molecule has 2 N–H and O–H groups in total. The summed E-state index contributed by atoms with van der Waals surface area (Å²) < 4.78 is -0.260. The fourth-order valence-corrected chi connectivity index (χ4v) is 3.40. The minimum absolute atomic E-state index is 0.0634. The van der Waals surface area contributed by atoms with E-state index in [0.717, 1.165) is 36.1 Å². The highest BCUT2D eigenvalue weighted by Gasteiger charge is 2.68. The molecule has 7 heteroatoms. The van der Waals surface area contributed by atoms with E-state index in [4.69, 9.17) is 0 Å². The largest absolute Gasteiger partial charge is 0.389 e. The maximum absolute atomic E-state index is 12.9. The van der Waals surface area contributed by atoms with Crippen molar-refractivity contribution >= 4 is 11.7 Å². The number of nitroso groups, excluding NO2 is 1. The number of quaternary nitrogens is 1. The molecule has 0 saturated heterocycles. The number of aliphatic imine (C=N–C) groups is 1. The zero-order valence-electron chi connectivity index (χ0n) is 12.7. The van der Waals surface area contributed by atoms with E-state index in [-0.39, 0.29) is 16.5 Å². The Bertz CT molecular complexity index is 554. The lowest BCUT2D eigenvalue weighted by Crippen LogP contribution is -2.58. The van der Waals surface area contributed by atoms with Crippen LogP contribution in [-0.2, 0) is 4.79 Å². The van der Waals surface area contributed by atoms with Gasteiger partial charge in [0.2, 0.25) is 0 Å². The second kappa shape index (κ2) is 5.31. The molecule has 2 unspecified atom stereocenters. The molecule has 0 aromatic carbocycles. The predicted octanol–water partition coefficient (Wildman–Crippen LogP) is 0.780. The summed E-state index contributed by atoms with van der Waals surface area (Å²) in [6.07, 6.45) is 3.49. The molecule has 3 heterocycles. The van der Waals surface area contributed by atoms with Crippen LogP contribution >= 0.6 is 0 Å². The SMILES string of the molecule is CCCCC1N=C2C3=C(NCNC3)[N+](=O)[N+]2(CCC)C1=O. The first-order chi connectivity index (χ1) is 10.2. The molecular formula is C14H23N5O2+2. The van der Waals surface area contributed by atoms with Crippen LogP contribution in [0.4, 0.5) is 0 Å². The van der Waals surface area contributed by atoms with Crippen LogP contribution < -0.4 is 10.6 Å². The summed E-state index contributed by atoms with van der Waals surface area (Å²) in [5.41, 5.74) is 0.858. The molecule has 0 aromatic rings. The molecule has 0 spiro atoms. The van der Waals surface area contributed by atoms with Crippen molar-refractivity contribution in [1.82, 2.24) is 10.6 Å². The van der Waals surface area contributed by atoms with Crippen LogP contribution in [0.1, 0.15) is 39.5 Å². The molecule has 0 saturated carbocycles. The third kappa shape index (κ3) is 1.87. The number of fused-ring (bicyclic) bond motifs is 2. The van der Waals surface area contributed by atoms with Gasteiger partial charge in [-0.05, 0) is 22.3 Å². The van der Waals surface area contributed by atoms with Gasteiger partial charge in [-0.1, -0.05) is 26.7 Å². The normalized spacial score (nSPS) is 31.1. The number of carbonyl (C=O) groups excluding carboxylic acids is 1. The summed E-state index contributed by atoms with van der Waals surface area (Å²) in [5.74, 6) is 1.11. The van der Waals surface area contributed by atoms with Gasteiger partial charge < -0.3 is 0 Å². The Morgan fingerprint density at radius 3 is 2.90 bits per heavy atom. The van der Waals surface area contributed by atoms with E-state index in [2.05, 4.69) is 22.5 Å². The van der Waals surface area contributed by atoms with Gasteiger partial charge in [0.25, 0.3) is 5.84 Å². The van der Waals surface area contributed by atoms with Gasteiger partial charge in [-0.25, -0.2) is 9.79 Å². The first-order valence-corrected chi connectivity index (χ1v) is 7.83. The third-order valence-electron chi connectivity index (χ3n) is 4.40. The Balaban J connectivity index is 2.02. The van der Waals surface area contributed by atoms with E-state index >= 15 is 0 Å². The number of amidine groups is 1. The van der Waals surface area contributed by atoms with E-state index in [1.165, 1.54) is 0 Å². The highest BCUT2D eigenvalue weighted by atomic mass is 16.4. The van der Waals surface area contributed by atoms with E-state index in [1.807, 2.05) is 6.92 Å². The predicted molar refractivity (Wildman–Crippen MR) is 77.8 cm³/mol. The topological polar surface area (TPSA) is 73.6 Å². The zero-order chi connectivity index (χ0) is 15.0. The van der Waals surface area contributed by atoms with Gasteiger partial charge in [0.1, 0.15) is 13.2 Å². The van der Waals surface area contributed by atoms with Gasteiger partial charge in [-0.2, -0.15) is 0 Å². The van der Waals surface area contributed by atoms with Crippen molar-refractivity contribution in [3.05, 3.63) is 16.3 Å². The standard InChI is InChI=1S/C14H23N5O2/c1-3-5-6-11-14(20)19(7-4-2)13(17-11)10-8-15-9-16-12(10)18(19)21/h11,15-16H,3-9H2,1-2H3/q+2. The van der Waals surface area contributed by atoms with Gasteiger partial charge in [-0.3, -0.25) is 10.6 Å². The van der Waals surface area contributed by atoms with Crippen molar-refractivity contribution in [2.75, 3.05) is 19.8 Å². The summed E-state index contributed by atoms with van der Waals surface area (Å²) in [6, 6.07) is -0.362. The quantitative estimate of drug-likeness (QED) is 0.580. The Labute approximate surface area is 124 Å². The fourth-order valence-electron chi connectivity index (χ4n) is 3.40. The van der Waals surface area contributed by atoms with Crippen LogP contribution in [0.2, 0.25) is 0 Å². The van der Waals surface area contributed by atoms with Gasteiger partial charge >= 0.3 is 11.7 Å². The summed E-state index contributed by atoms with van der Waals surface area (Å²) in [4.78, 5) is 31.2. The first kappa shape index (κ1) is 14.3. The monoisotopic (exact) mass is 293 g/mol. The molecule has 3 aliphatic rings. The lowest BCUT2D eigenvalue weighted by atomic mass is 10.1. The molecule has 1 amide bonds. The van der Waals surface area contributed by atoms with Crippen LogP contribution in [0.3, 0.4) is 0 Å². The van der Waals surface area contributed by atoms with E-state index in [9.17, 15) is 9.70 Å².